The molecule has 0 saturated heterocycles. The van der Waals surface area contributed by atoms with Gasteiger partial charge in [-0.1, -0.05) is 40.2 Å². The minimum absolute atomic E-state index is 0.152. The Labute approximate surface area is 150 Å². The summed E-state index contributed by atoms with van der Waals surface area (Å²) in [5.74, 6) is -0.757. The summed E-state index contributed by atoms with van der Waals surface area (Å²) in [5.41, 5.74) is 1.43. The van der Waals surface area contributed by atoms with E-state index in [4.69, 9.17) is 4.74 Å². The lowest BCUT2D eigenvalue weighted by Gasteiger charge is -2.08. The molecule has 2 rings (SSSR count). The largest absolute Gasteiger partial charge is 0.460 e. The molecule has 6 heteroatoms. The summed E-state index contributed by atoms with van der Waals surface area (Å²) in [6, 6.07) is 14.7. The zero-order valence-electron chi connectivity index (χ0n) is 11.5. The van der Waals surface area contributed by atoms with Crippen molar-refractivity contribution in [2.24, 2.45) is 0 Å². The van der Waals surface area contributed by atoms with Crippen molar-refractivity contribution in [1.29, 1.82) is 0 Å². The molecule has 114 valence electrons. The van der Waals surface area contributed by atoms with Gasteiger partial charge in [-0.3, -0.25) is 9.59 Å². The van der Waals surface area contributed by atoms with Crippen LogP contribution in [0.25, 0.3) is 0 Å². The van der Waals surface area contributed by atoms with Gasteiger partial charge in [-0.25, -0.2) is 0 Å². The highest BCUT2D eigenvalue weighted by Gasteiger charge is 2.11. The zero-order chi connectivity index (χ0) is 15.9. The first-order valence-corrected chi connectivity index (χ1v) is 8.36. The number of nitrogens with one attached hydrogen (secondary N) is 1. The predicted molar refractivity (Wildman–Crippen MR) is 95.4 cm³/mol. The van der Waals surface area contributed by atoms with Crippen LogP contribution in [0.1, 0.15) is 15.9 Å². The molecule has 0 heterocycles. The first-order valence-electron chi connectivity index (χ1n) is 6.49. The van der Waals surface area contributed by atoms with Crippen LogP contribution < -0.4 is 5.32 Å². The Morgan fingerprint density at radius 1 is 1.09 bits per heavy atom. The molecule has 2 aromatic carbocycles. The summed E-state index contributed by atoms with van der Waals surface area (Å²) >= 11 is 5.42. The average Bonchev–Trinajstić information content (AvgIpc) is 2.52. The molecule has 22 heavy (non-hydrogen) atoms. The Balaban J connectivity index is 1.79. The van der Waals surface area contributed by atoms with Crippen LogP contribution in [-0.4, -0.2) is 18.4 Å². The van der Waals surface area contributed by atoms with Gasteiger partial charge in [0.25, 0.3) is 5.91 Å². The van der Waals surface area contributed by atoms with E-state index in [1.807, 2.05) is 36.4 Å². The molecular weight excluding hydrogens is 461 g/mol. The topological polar surface area (TPSA) is 55.4 Å². The summed E-state index contributed by atoms with van der Waals surface area (Å²) in [5, 5.41) is 2.56. The van der Waals surface area contributed by atoms with E-state index in [-0.39, 0.29) is 19.1 Å². The maximum Gasteiger partial charge on any atom is 0.325 e. The zero-order valence-corrected chi connectivity index (χ0v) is 15.3. The Morgan fingerprint density at radius 3 is 2.45 bits per heavy atom. The molecule has 2 aromatic rings. The van der Waals surface area contributed by atoms with E-state index in [2.05, 4.69) is 43.8 Å². The SMILES string of the molecule is O=C(CNC(=O)c1ccccc1I)OCc1ccc(Br)cc1. The van der Waals surface area contributed by atoms with Crippen LogP contribution in [0, 0.1) is 3.57 Å². The highest BCUT2D eigenvalue weighted by molar-refractivity contribution is 14.1. The molecule has 0 spiro atoms. The van der Waals surface area contributed by atoms with Crippen LogP contribution in [0.15, 0.2) is 53.0 Å². The number of rotatable bonds is 5. The monoisotopic (exact) mass is 473 g/mol. The molecule has 0 atom stereocenters. The summed E-state index contributed by atoms with van der Waals surface area (Å²) in [6.45, 7) is 0.0329. The molecule has 0 aromatic heterocycles. The first-order chi connectivity index (χ1) is 10.6. The molecule has 1 amide bonds. The Hall–Kier alpha value is -1.41. The quantitative estimate of drug-likeness (QED) is 0.534. The summed E-state index contributed by atoms with van der Waals surface area (Å²) in [7, 11) is 0. The molecule has 0 aliphatic heterocycles. The van der Waals surface area contributed by atoms with E-state index in [0.29, 0.717) is 5.56 Å². The second-order valence-corrected chi connectivity index (χ2v) is 6.53. The number of halogens is 2. The molecule has 0 bridgehead atoms. The average molecular weight is 474 g/mol. The Bertz CT molecular complexity index is 673. The minimum atomic E-state index is -0.470. The number of esters is 1. The lowest BCUT2D eigenvalue weighted by Crippen LogP contribution is -2.31. The van der Waals surface area contributed by atoms with Crippen molar-refractivity contribution >= 4 is 50.4 Å². The number of ether oxygens (including phenoxy) is 1. The third-order valence-electron chi connectivity index (χ3n) is 2.82. The third kappa shape index (κ3) is 5.10. The number of carbonyl (C=O) groups is 2. The molecule has 0 fully saturated rings. The van der Waals surface area contributed by atoms with Gasteiger partial charge in [0.2, 0.25) is 0 Å². The molecule has 1 N–H and O–H groups in total. The first kappa shape index (κ1) is 17.0. The van der Waals surface area contributed by atoms with Crippen molar-refractivity contribution in [3.8, 4) is 0 Å². The highest BCUT2D eigenvalue weighted by atomic mass is 127. The van der Waals surface area contributed by atoms with Gasteiger partial charge in [0, 0.05) is 8.04 Å². The van der Waals surface area contributed by atoms with Crippen molar-refractivity contribution in [1.82, 2.24) is 5.32 Å². The normalized spacial score (nSPS) is 10.1. The van der Waals surface area contributed by atoms with Crippen molar-refractivity contribution in [2.75, 3.05) is 6.54 Å². The van der Waals surface area contributed by atoms with E-state index in [1.165, 1.54) is 0 Å². The second-order valence-electron chi connectivity index (χ2n) is 4.45. The van der Waals surface area contributed by atoms with E-state index in [0.717, 1.165) is 13.6 Å². The summed E-state index contributed by atoms with van der Waals surface area (Å²) in [4.78, 5) is 23.6. The lowest BCUT2D eigenvalue weighted by molar-refractivity contribution is -0.143. The van der Waals surface area contributed by atoms with Gasteiger partial charge in [0.1, 0.15) is 13.2 Å². The lowest BCUT2D eigenvalue weighted by atomic mass is 10.2. The van der Waals surface area contributed by atoms with Gasteiger partial charge < -0.3 is 10.1 Å². The van der Waals surface area contributed by atoms with Crippen LogP contribution in [-0.2, 0) is 16.1 Å². The number of hydrogen-bond acceptors (Lipinski definition) is 3. The molecule has 0 unspecified atom stereocenters. The third-order valence-corrected chi connectivity index (χ3v) is 4.29. The molecule has 0 radical (unpaired) electrons. The minimum Gasteiger partial charge on any atom is -0.460 e. The van der Waals surface area contributed by atoms with Crippen molar-refractivity contribution in [3.63, 3.8) is 0 Å². The van der Waals surface area contributed by atoms with Crippen LogP contribution in [0.4, 0.5) is 0 Å². The molecular formula is C16H13BrINO3. The van der Waals surface area contributed by atoms with E-state index < -0.39 is 5.97 Å². The van der Waals surface area contributed by atoms with Gasteiger partial charge in [-0.05, 0) is 52.4 Å². The molecule has 0 saturated carbocycles. The van der Waals surface area contributed by atoms with Gasteiger partial charge in [0.05, 0.1) is 5.56 Å². The fraction of sp³-hybridized carbons (Fsp3) is 0.125. The van der Waals surface area contributed by atoms with E-state index in [9.17, 15) is 9.59 Å². The van der Waals surface area contributed by atoms with Gasteiger partial charge in [-0.15, -0.1) is 0 Å². The Morgan fingerprint density at radius 2 is 1.77 bits per heavy atom. The van der Waals surface area contributed by atoms with E-state index in [1.54, 1.807) is 12.1 Å². The molecule has 0 aliphatic carbocycles. The number of benzene rings is 2. The van der Waals surface area contributed by atoms with Gasteiger partial charge in [0.15, 0.2) is 0 Å². The smallest absolute Gasteiger partial charge is 0.325 e. The summed E-state index contributed by atoms with van der Waals surface area (Å²) in [6.07, 6.45) is 0. The van der Waals surface area contributed by atoms with Crippen LogP contribution in [0.5, 0.6) is 0 Å². The number of hydrogen-bond donors (Lipinski definition) is 1. The summed E-state index contributed by atoms with van der Waals surface area (Å²) < 4.78 is 6.91. The Kier molecular flexibility index (Phi) is 6.38. The fourth-order valence-corrected chi connectivity index (χ4v) is 2.59. The maximum atomic E-state index is 12.0. The van der Waals surface area contributed by atoms with Gasteiger partial charge in [-0.2, -0.15) is 0 Å². The standard InChI is InChI=1S/C16H13BrINO3/c17-12-7-5-11(6-8-12)10-22-15(20)9-19-16(21)13-3-1-2-4-14(13)18/h1-8H,9-10H2,(H,19,21). The van der Waals surface area contributed by atoms with Crippen LogP contribution in [0.2, 0.25) is 0 Å². The second kappa shape index (κ2) is 8.28. The molecule has 4 nitrogen and oxygen atoms in total. The fourth-order valence-electron chi connectivity index (χ4n) is 1.69. The van der Waals surface area contributed by atoms with E-state index >= 15 is 0 Å². The number of amides is 1. The number of carbonyl (C=O) groups excluding carboxylic acids is 2. The highest BCUT2D eigenvalue weighted by Crippen LogP contribution is 2.12. The van der Waals surface area contributed by atoms with Crippen molar-refractivity contribution < 1.29 is 14.3 Å². The predicted octanol–water partition coefficient (Wildman–Crippen LogP) is 3.53. The van der Waals surface area contributed by atoms with Gasteiger partial charge >= 0.3 is 5.97 Å². The molecule has 0 aliphatic rings. The van der Waals surface area contributed by atoms with Crippen LogP contribution in [0.3, 0.4) is 0 Å². The van der Waals surface area contributed by atoms with Crippen molar-refractivity contribution in [2.45, 2.75) is 6.61 Å². The maximum absolute atomic E-state index is 12.0. The van der Waals surface area contributed by atoms with Crippen molar-refractivity contribution in [3.05, 3.63) is 67.7 Å². The van der Waals surface area contributed by atoms with Crippen LogP contribution >= 0.6 is 38.5 Å².